The summed E-state index contributed by atoms with van der Waals surface area (Å²) < 4.78 is 10.3. The number of hydrazine groups is 1. The molecule has 0 aromatic heterocycles. The van der Waals surface area contributed by atoms with Crippen LogP contribution in [0.25, 0.3) is 11.1 Å². The molecule has 2 N–H and O–H groups in total. The number of esters is 2. The lowest BCUT2D eigenvalue weighted by molar-refractivity contribution is 0.0525. The molecule has 0 radical (unpaired) electrons. The Hall–Kier alpha value is -3.54. The molecule has 0 saturated carbocycles. The van der Waals surface area contributed by atoms with E-state index in [9.17, 15) is 9.59 Å². The van der Waals surface area contributed by atoms with E-state index in [0.717, 1.165) is 11.4 Å². The highest BCUT2D eigenvalue weighted by molar-refractivity contribution is 6.08. The Morgan fingerprint density at radius 1 is 0.714 bits per heavy atom. The molecule has 0 spiro atoms. The maximum Gasteiger partial charge on any atom is 0.338 e. The van der Waals surface area contributed by atoms with Crippen LogP contribution in [-0.4, -0.2) is 25.2 Å². The van der Waals surface area contributed by atoms with E-state index in [1.807, 2.05) is 42.5 Å². The van der Waals surface area contributed by atoms with Gasteiger partial charge in [-0.25, -0.2) is 9.59 Å². The van der Waals surface area contributed by atoms with E-state index in [1.165, 1.54) is 6.07 Å². The minimum absolute atomic E-state index is 0.257. The zero-order chi connectivity index (χ0) is 19.9. The fourth-order valence-corrected chi connectivity index (χ4v) is 2.86. The zero-order valence-corrected chi connectivity index (χ0v) is 15.8. The SMILES string of the molecule is CCOC(=O)c1cc(C(=O)OCC)c2ccc(NNc3ccccc3)ccc1-2. The lowest BCUT2D eigenvalue weighted by Crippen LogP contribution is -2.07. The first-order valence-corrected chi connectivity index (χ1v) is 9.12. The van der Waals surface area contributed by atoms with Crippen molar-refractivity contribution in [2.24, 2.45) is 0 Å². The number of benzene rings is 1. The van der Waals surface area contributed by atoms with Crippen molar-refractivity contribution in [3.63, 3.8) is 0 Å². The number of para-hydroxylation sites is 1. The number of carbonyl (C=O) groups is 2. The third-order valence-corrected chi connectivity index (χ3v) is 4.13. The second-order valence-corrected chi connectivity index (χ2v) is 5.98. The summed E-state index contributed by atoms with van der Waals surface area (Å²) in [5.41, 5.74) is 9.85. The molecule has 0 heterocycles. The predicted octanol–water partition coefficient (Wildman–Crippen LogP) is 4.58. The average molecular weight is 378 g/mol. The molecule has 0 unspecified atom stereocenters. The largest absolute Gasteiger partial charge is 0.462 e. The fraction of sp³-hybridized carbons (Fsp3) is 0.182. The third kappa shape index (κ3) is 4.23. The summed E-state index contributed by atoms with van der Waals surface area (Å²) in [6.07, 6.45) is 0. The standard InChI is InChI=1S/C22H22N2O4/c1-3-27-21(25)19-14-20(22(26)28-4-2)18-13-11-16(10-12-17(18)19)24-23-15-8-6-5-7-9-15/h5-14,23-24H,3-4H2,1-2H3. The molecule has 0 aliphatic heterocycles. The Balaban J connectivity index is 1.96. The van der Waals surface area contributed by atoms with Crippen molar-refractivity contribution < 1.29 is 19.1 Å². The number of ether oxygens (including phenoxy) is 2. The number of hydrogen-bond donors (Lipinski definition) is 2. The van der Waals surface area contributed by atoms with Gasteiger partial charge in [-0.2, -0.15) is 0 Å². The summed E-state index contributed by atoms with van der Waals surface area (Å²) in [6.45, 7) is 4.00. The van der Waals surface area contributed by atoms with Gasteiger partial charge in [0.1, 0.15) is 0 Å². The number of hydrogen-bond acceptors (Lipinski definition) is 6. The monoisotopic (exact) mass is 378 g/mol. The molecule has 1 aromatic rings. The van der Waals surface area contributed by atoms with Crippen LogP contribution in [-0.2, 0) is 9.47 Å². The van der Waals surface area contributed by atoms with Gasteiger partial charge in [-0.3, -0.25) is 0 Å². The Labute approximate surface area is 163 Å². The molecule has 2 aliphatic rings. The Morgan fingerprint density at radius 2 is 1.18 bits per heavy atom. The normalized spacial score (nSPS) is 10.4. The molecular weight excluding hydrogens is 356 g/mol. The van der Waals surface area contributed by atoms with Gasteiger partial charge < -0.3 is 20.3 Å². The molecule has 3 rings (SSSR count). The first kappa shape index (κ1) is 19.2. The Kier molecular flexibility index (Phi) is 6.11. The van der Waals surface area contributed by atoms with Crippen molar-refractivity contribution in [3.05, 3.63) is 71.8 Å². The number of carbonyl (C=O) groups excluding carboxylic acids is 2. The van der Waals surface area contributed by atoms with Crippen molar-refractivity contribution in [1.29, 1.82) is 0 Å². The summed E-state index contributed by atoms with van der Waals surface area (Å²) in [4.78, 5) is 24.7. The number of nitrogens with one attached hydrogen (secondary N) is 2. The summed E-state index contributed by atoms with van der Waals surface area (Å²) >= 11 is 0. The van der Waals surface area contributed by atoms with Crippen molar-refractivity contribution in [3.8, 4) is 11.1 Å². The smallest absolute Gasteiger partial charge is 0.338 e. The van der Waals surface area contributed by atoms with Gasteiger partial charge in [0.05, 0.1) is 35.7 Å². The Bertz CT molecular complexity index is 888. The highest BCUT2D eigenvalue weighted by Crippen LogP contribution is 2.34. The summed E-state index contributed by atoms with van der Waals surface area (Å²) in [5.74, 6) is -0.933. The lowest BCUT2D eigenvalue weighted by Gasteiger charge is -2.07. The molecule has 28 heavy (non-hydrogen) atoms. The van der Waals surface area contributed by atoms with E-state index in [4.69, 9.17) is 9.47 Å². The highest BCUT2D eigenvalue weighted by Gasteiger charge is 2.25. The number of rotatable bonds is 7. The van der Waals surface area contributed by atoms with Crippen molar-refractivity contribution in [2.75, 3.05) is 24.1 Å². The van der Waals surface area contributed by atoms with Crippen LogP contribution < -0.4 is 10.9 Å². The zero-order valence-electron chi connectivity index (χ0n) is 15.8. The van der Waals surface area contributed by atoms with Gasteiger partial charge in [0.15, 0.2) is 0 Å². The third-order valence-electron chi connectivity index (χ3n) is 4.13. The molecule has 1 aromatic carbocycles. The van der Waals surface area contributed by atoms with E-state index in [1.54, 1.807) is 26.0 Å². The van der Waals surface area contributed by atoms with Crippen LogP contribution in [0.3, 0.4) is 0 Å². The van der Waals surface area contributed by atoms with E-state index in [2.05, 4.69) is 10.9 Å². The van der Waals surface area contributed by atoms with Gasteiger partial charge in [-0.1, -0.05) is 30.3 Å². The first-order chi connectivity index (χ1) is 13.6. The van der Waals surface area contributed by atoms with Gasteiger partial charge in [0.25, 0.3) is 0 Å². The van der Waals surface area contributed by atoms with Gasteiger partial charge in [0.2, 0.25) is 0 Å². The molecular formula is C22H22N2O4. The number of anilines is 2. The topological polar surface area (TPSA) is 76.7 Å². The van der Waals surface area contributed by atoms with Crippen LogP contribution in [0.4, 0.5) is 11.4 Å². The molecule has 0 fully saturated rings. The fourth-order valence-electron chi connectivity index (χ4n) is 2.86. The summed E-state index contributed by atoms with van der Waals surface area (Å²) in [6, 6.07) is 18.4. The second-order valence-electron chi connectivity index (χ2n) is 5.98. The van der Waals surface area contributed by atoms with Gasteiger partial charge >= 0.3 is 11.9 Å². The predicted molar refractivity (Wildman–Crippen MR) is 109 cm³/mol. The Morgan fingerprint density at radius 3 is 1.64 bits per heavy atom. The van der Waals surface area contributed by atoms with E-state index >= 15 is 0 Å². The van der Waals surface area contributed by atoms with Crippen LogP contribution in [0.2, 0.25) is 0 Å². The van der Waals surface area contributed by atoms with Crippen LogP contribution >= 0.6 is 0 Å². The van der Waals surface area contributed by atoms with Gasteiger partial charge in [-0.05, 0) is 55.3 Å². The summed E-state index contributed by atoms with van der Waals surface area (Å²) in [5, 5.41) is 0. The van der Waals surface area contributed by atoms with Crippen molar-refractivity contribution in [1.82, 2.24) is 0 Å². The van der Waals surface area contributed by atoms with Gasteiger partial charge in [-0.15, -0.1) is 0 Å². The molecule has 144 valence electrons. The summed E-state index contributed by atoms with van der Waals surface area (Å²) in [7, 11) is 0. The van der Waals surface area contributed by atoms with Crippen molar-refractivity contribution in [2.45, 2.75) is 13.8 Å². The molecule has 6 nitrogen and oxygen atoms in total. The number of fused-ring (bicyclic) bond motifs is 1. The molecule has 6 heteroatoms. The molecule has 0 atom stereocenters. The molecule has 0 saturated heterocycles. The van der Waals surface area contributed by atoms with Gasteiger partial charge in [0, 0.05) is 0 Å². The van der Waals surface area contributed by atoms with E-state index < -0.39 is 11.9 Å². The van der Waals surface area contributed by atoms with E-state index in [0.29, 0.717) is 22.3 Å². The van der Waals surface area contributed by atoms with Crippen LogP contribution in [0.1, 0.15) is 34.6 Å². The quantitative estimate of drug-likeness (QED) is 0.463. The average Bonchev–Trinajstić information content (AvgIpc) is 2.94. The lowest BCUT2D eigenvalue weighted by atomic mass is 10.1. The second kappa shape index (κ2) is 8.90. The highest BCUT2D eigenvalue weighted by atomic mass is 16.5. The van der Waals surface area contributed by atoms with E-state index in [-0.39, 0.29) is 13.2 Å². The minimum atomic E-state index is -0.467. The maximum atomic E-state index is 12.3. The molecule has 0 bridgehead atoms. The maximum absolute atomic E-state index is 12.3. The van der Waals surface area contributed by atoms with Crippen LogP contribution in [0.15, 0.2) is 60.7 Å². The molecule has 2 aliphatic carbocycles. The molecule has 0 amide bonds. The van der Waals surface area contributed by atoms with Crippen LogP contribution in [0.5, 0.6) is 0 Å². The minimum Gasteiger partial charge on any atom is -0.462 e. The van der Waals surface area contributed by atoms with Crippen LogP contribution in [0, 0.1) is 0 Å². The van der Waals surface area contributed by atoms with Crippen molar-refractivity contribution >= 4 is 23.3 Å². The first-order valence-electron chi connectivity index (χ1n) is 9.12.